The Kier molecular flexibility index (Phi) is 5.15. The average Bonchev–Trinajstić information content (AvgIpc) is 2.34. The van der Waals surface area contributed by atoms with E-state index in [1.807, 2.05) is 6.07 Å². The van der Waals surface area contributed by atoms with Crippen molar-refractivity contribution >= 4 is 23.5 Å². The second-order valence-electron chi connectivity index (χ2n) is 3.57. The molecule has 94 valence electrons. The summed E-state index contributed by atoms with van der Waals surface area (Å²) in [4.78, 5) is 22.6. The van der Waals surface area contributed by atoms with Crippen molar-refractivity contribution in [3.8, 4) is 6.07 Å². The molecular weight excluding hydrogens is 256 g/mol. The van der Waals surface area contributed by atoms with Crippen LogP contribution >= 0.6 is 11.6 Å². The quantitative estimate of drug-likeness (QED) is 0.851. The highest BCUT2D eigenvalue weighted by Crippen LogP contribution is 2.10. The molecule has 1 atom stereocenters. The summed E-state index contributed by atoms with van der Waals surface area (Å²) in [5, 5.41) is 20.1. The molecule has 1 aromatic carbocycles. The molecule has 0 bridgehead atoms. The van der Waals surface area contributed by atoms with Gasteiger partial charge in [-0.1, -0.05) is 11.6 Å². The molecule has 0 heterocycles. The van der Waals surface area contributed by atoms with E-state index in [4.69, 9.17) is 22.0 Å². The Bertz CT molecular complexity index is 479. The first-order valence-electron chi connectivity index (χ1n) is 5.20. The summed E-state index contributed by atoms with van der Waals surface area (Å²) in [5.41, 5.74) is 0.322. The standard InChI is InChI=1S/C12H11ClN2O3/c13-9-5-3-8(4-6-9)11(16)15-10(12(17)18)2-1-7-14/h3-6,10H,1-2H2,(H,15,16)(H,17,18)/t10-/m1/s1. The third kappa shape index (κ3) is 4.07. The van der Waals surface area contributed by atoms with Gasteiger partial charge < -0.3 is 10.4 Å². The first-order valence-corrected chi connectivity index (χ1v) is 5.58. The summed E-state index contributed by atoms with van der Waals surface area (Å²) in [6.45, 7) is 0. The average molecular weight is 267 g/mol. The van der Waals surface area contributed by atoms with Crippen molar-refractivity contribution in [1.82, 2.24) is 5.32 Å². The molecule has 1 amide bonds. The van der Waals surface area contributed by atoms with Crippen LogP contribution < -0.4 is 5.32 Å². The van der Waals surface area contributed by atoms with Crippen LogP contribution in [0.15, 0.2) is 24.3 Å². The number of nitrogens with zero attached hydrogens (tertiary/aromatic N) is 1. The van der Waals surface area contributed by atoms with Gasteiger partial charge in [0.15, 0.2) is 0 Å². The maximum absolute atomic E-state index is 11.7. The lowest BCUT2D eigenvalue weighted by atomic mass is 10.1. The summed E-state index contributed by atoms with van der Waals surface area (Å²) in [6, 6.07) is 6.87. The normalized spacial score (nSPS) is 11.3. The Morgan fingerprint density at radius 3 is 2.50 bits per heavy atom. The van der Waals surface area contributed by atoms with E-state index in [0.717, 1.165) is 0 Å². The zero-order valence-corrected chi connectivity index (χ0v) is 10.1. The Morgan fingerprint density at radius 1 is 1.39 bits per heavy atom. The fraction of sp³-hybridized carbons (Fsp3) is 0.250. The van der Waals surface area contributed by atoms with Gasteiger partial charge in [-0.25, -0.2) is 4.79 Å². The van der Waals surface area contributed by atoms with E-state index >= 15 is 0 Å². The van der Waals surface area contributed by atoms with E-state index in [1.54, 1.807) is 12.1 Å². The van der Waals surface area contributed by atoms with Crippen LogP contribution in [0.3, 0.4) is 0 Å². The first-order chi connectivity index (χ1) is 8.54. The molecule has 0 fully saturated rings. The number of carbonyl (C=O) groups is 2. The second-order valence-corrected chi connectivity index (χ2v) is 4.00. The van der Waals surface area contributed by atoms with Gasteiger partial charge in [0.05, 0.1) is 6.07 Å². The minimum absolute atomic E-state index is 0.0673. The maximum Gasteiger partial charge on any atom is 0.326 e. The van der Waals surface area contributed by atoms with E-state index < -0.39 is 17.9 Å². The van der Waals surface area contributed by atoms with E-state index in [0.29, 0.717) is 10.6 Å². The minimum atomic E-state index is -1.16. The molecule has 6 heteroatoms. The lowest BCUT2D eigenvalue weighted by Gasteiger charge is -2.12. The third-order valence-corrected chi connectivity index (χ3v) is 2.51. The SMILES string of the molecule is N#CCC[C@@H](NC(=O)c1ccc(Cl)cc1)C(=O)O. The minimum Gasteiger partial charge on any atom is -0.480 e. The van der Waals surface area contributed by atoms with Crippen molar-refractivity contribution < 1.29 is 14.7 Å². The lowest BCUT2D eigenvalue weighted by molar-refractivity contribution is -0.139. The number of hydrogen-bond donors (Lipinski definition) is 2. The zero-order chi connectivity index (χ0) is 13.5. The molecule has 0 radical (unpaired) electrons. The van der Waals surface area contributed by atoms with E-state index in [9.17, 15) is 9.59 Å². The van der Waals surface area contributed by atoms with Crippen molar-refractivity contribution in [2.24, 2.45) is 0 Å². The van der Waals surface area contributed by atoms with Crippen molar-refractivity contribution in [2.75, 3.05) is 0 Å². The van der Waals surface area contributed by atoms with Crippen LogP contribution in [0.2, 0.25) is 5.02 Å². The van der Waals surface area contributed by atoms with Crippen LogP contribution in [0.25, 0.3) is 0 Å². The van der Waals surface area contributed by atoms with E-state index in [1.165, 1.54) is 12.1 Å². The number of hydrogen-bond acceptors (Lipinski definition) is 3. The van der Waals surface area contributed by atoms with Crippen molar-refractivity contribution in [3.63, 3.8) is 0 Å². The Hall–Kier alpha value is -2.06. The molecule has 0 unspecified atom stereocenters. The number of nitriles is 1. The van der Waals surface area contributed by atoms with Gasteiger partial charge in [-0.05, 0) is 30.7 Å². The van der Waals surface area contributed by atoms with Gasteiger partial charge in [-0.15, -0.1) is 0 Å². The van der Waals surface area contributed by atoms with E-state index in [2.05, 4.69) is 5.32 Å². The molecule has 0 aromatic heterocycles. The predicted octanol–water partition coefficient (Wildman–Crippen LogP) is 1.83. The third-order valence-electron chi connectivity index (χ3n) is 2.25. The Morgan fingerprint density at radius 2 is 2.00 bits per heavy atom. The van der Waals surface area contributed by atoms with Crippen molar-refractivity contribution in [2.45, 2.75) is 18.9 Å². The van der Waals surface area contributed by atoms with Crippen LogP contribution in [0, 0.1) is 11.3 Å². The monoisotopic (exact) mass is 266 g/mol. The van der Waals surface area contributed by atoms with Crippen molar-refractivity contribution in [3.05, 3.63) is 34.9 Å². The smallest absolute Gasteiger partial charge is 0.326 e. The summed E-state index contributed by atoms with van der Waals surface area (Å²) in [7, 11) is 0. The largest absolute Gasteiger partial charge is 0.480 e. The highest BCUT2D eigenvalue weighted by molar-refractivity contribution is 6.30. The summed E-state index contributed by atoms with van der Waals surface area (Å²) in [6.07, 6.45) is 0.142. The van der Waals surface area contributed by atoms with Crippen molar-refractivity contribution in [1.29, 1.82) is 5.26 Å². The van der Waals surface area contributed by atoms with Crippen LogP contribution in [0.5, 0.6) is 0 Å². The molecule has 0 aliphatic carbocycles. The Balaban J connectivity index is 2.69. The number of benzene rings is 1. The van der Waals surface area contributed by atoms with Crippen LogP contribution in [0.1, 0.15) is 23.2 Å². The van der Waals surface area contributed by atoms with Gasteiger partial charge in [0, 0.05) is 17.0 Å². The predicted molar refractivity (Wildman–Crippen MR) is 65.2 cm³/mol. The Labute approximate surface area is 109 Å². The highest BCUT2D eigenvalue weighted by atomic mass is 35.5. The summed E-state index contributed by atoms with van der Waals surface area (Å²) >= 11 is 5.68. The molecule has 0 aliphatic heterocycles. The van der Waals surface area contributed by atoms with Gasteiger partial charge in [0.1, 0.15) is 6.04 Å². The fourth-order valence-corrected chi connectivity index (χ4v) is 1.44. The number of carboxylic acid groups (broad SMARTS) is 1. The van der Waals surface area contributed by atoms with Gasteiger partial charge in [0.25, 0.3) is 5.91 Å². The lowest BCUT2D eigenvalue weighted by Crippen LogP contribution is -2.40. The maximum atomic E-state index is 11.7. The van der Waals surface area contributed by atoms with E-state index in [-0.39, 0.29) is 12.8 Å². The number of rotatable bonds is 5. The molecule has 1 aromatic rings. The molecular formula is C12H11ClN2O3. The van der Waals surface area contributed by atoms with Gasteiger partial charge in [-0.2, -0.15) is 5.26 Å². The van der Waals surface area contributed by atoms with Crippen LogP contribution in [-0.2, 0) is 4.79 Å². The summed E-state index contributed by atoms with van der Waals surface area (Å²) in [5.74, 6) is -1.66. The molecule has 2 N–H and O–H groups in total. The highest BCUT2D eigenvalue weighted by Gasteiger charge is 2.20. The number of nitrogens with one attached hydrogen (secondary N) is 1. The molecule has 0 saturated heterocycles. The second kappa shape index (κ2) is 6.62. The van der Waals surface area contributed by atoms with Crippen LogP contribution in [-0.4, -0.2) is 23.0 Å². The zero-order valence-electron chi connectivity index (χ0n) is 9.39. The number of halogens is 1. The molecule has 0 saturated carbocycles. The molecule has 5 nitrogen and oxygen atoms in total. The first kappa shape index (κ1) is 14.0. The molecule has 18 heavy (non-hydrogen) atoms. The van der Waals surface area contributed by atoms with Crippen LogP contribution in [0.4, 0.5) is 0 Å². The van der Waals surface area contributed by atoms with Gasteiger partial charge in [0.2, 0.25) is 0 Å². The van der Waals surface area contributed by atoms with Gasteiger partial charge >= 0.3 is 5.97 Å². The summed E-state index contributed by atoms with van der Waals surface area (Å²) < 4.78 is 0. The topological polar surface area (TPSA) is 90.2 Å². The number of carbonyl (C=O) groups excluding carboxylic acids is 1. The fourth-order valence-electron chi connectivity index (χ4n) is 1.31. The molecule has 0 aliphatic rings. The number of amides is 1. The molecule has 0 spiro atoms. The number of aliphatic carboxylic acids is 1. The van der Waals surface area contributed by atoms with Gasteiger partial charge in [-0.3, -0.25) is 4.79 Å². The molecule has 1 rings (SSSR count). The number of carboxylic acids is 1.